The van der Waals surface area contributed by atoms with Gasteiger partial charge in [-0.05, 0) is 31.5 Å². The van der Waals surface area contributed by atoms with Gasteiger partial charge in [-0.3, -0.25) is 4.55 Å². The van der Waals surface area contributed by atoms with Crippen molar-refractivity contribution < 1.29 is 21.9 Å². The van der Waals surface area contributed by atoms with Crippen molar-refractivity contribution in [3.05, 3.63) is 22.7 Å². The molecule has 1 aromatic heterocycles. The molecule has 1 aromatic carbocycles. The molecule has 2 aromatic rings. The molecule has 1 aliphatic rings. The van der Waals surface area contributed by atoms with Crippen LogP contribution in [-0.4, -0.2) is 38.3 Å². The second-order valence-electron chi connectivity index (χ2n) is 6.34. The van der Waals surface area contributed by atoms with Gasteiger partial charge in [0.1, 0.15) is 10.7 Å². The zero-order valence-corrected chi connectivity index (χ0v) is 16.9. The SMILES string of the molecule is Cc1nnc(N=Nc2cc3c(cc2N(S(=O)O)C(F)(F)F)N(C)C(C)C3C)s1. The number of rotatable bonds is 4. The van der Waals surface area contributed by atoms with Gasteiger partial charge in [-0.1, -0.05) is 18.3 Å². The van der Waals surface area contributed by atoms with Crippen molar-refractivity contribution in [2.75, 3.05) is 16.3 Å². The fourth-order valence-corrected chi connectivity index (χ4v) is 4.04. The van der Waals surface area contributed by atoms with Crippen molar-refractivity contribution in [2.45, 2.75) is 39.0 Å². The molecule has 0 bridgehead atoms. The summed E-state index contributed by atoms with van der Waals surface area (Å²) in [5.41, 5.74) is 0.582. The molecule has 0 radical (unpaired) electrons. The quantitative estimate of drug-likeness (QED) is 0.429. The Balaban J connectivity index is 2.18. The van der Waals surface area contributed by atoms with Crippen LogP contribution in [0.3, 0.4) is 0 Å². The summed E-state index contributed by atoms with van der Waals surface area (Å²) >= 11 is -2.22. The minimum absolute atomic E-state index is 0.0331. The Hall–Kier alpha value is -2.12. The van der Waals surface area contributed by atoms with Crippen LogP contribution in [-0.2, 0) is 11.3 Å². The summed E-state index contributed by atoms with van der Waals surface area (Å²) in [5, 5.41) is 16.1. The number of nitrogens with zero attached hydrogens (tertiary/aromatic N) is 6. The van der Waals surface area contributed by atoms with E-state index >= 15 is 0 Å². The van der Waals surface area contributed by atoms with Crippen LogP contribution < -0.4 is 9.21 Å². The van der Waals surface area contributed by atoms with Gasteiger partial charge in [0.25, 0.3) is 16.4 Å². The smallest absolute Gasteiger partial charge is 0.371 e. The zero-order chi connectivity index (χ0) is 20.8. The molecule has 3 rings (SSSR count). The first-order chi connectivity index (χ1) is 13.0. The fraction of sp³-hybridized carbons (Fsp3) is 0.467. The first-order valence-corrected chi connectivity index (χ1v) is 9.99. The van der Waals surface area contributed by atoms with Crippen molar-refractivity contribution in [3.8, 4) is 0 Å². The number of hydrogen-bond acceptors (Lipinski definition) is 7. The van der Waals surface area contributed by atoms with E-state index in [4.69, 9.17) is 0 Å². The average Bonchev–Trinajstić information content (AvgIpc) is 3.09. The third-order valence-electron chi connectivity index (χ3n) is 4.69. The molecular weight excluding hydrogens is 417 g/mol. The van der Waals surface area contributed by atoms with E-state index in [9.17, 15) is 21.9 Å². The lowest BCUT2D eigenvalue weighted by atomic mass is 9.97. The number of anilines is 2. The molecule has 2 heterocycles. The number of benzene rings is 1. The molecule has 8 nitrogen and oxygen atoms in total. The van der Waals surface area contributed by atoms with E-state index in [2.05, 4.69) is 20.4 Å². The van der Waals surface area contributed by atoms with Crippen molar-refractivity contribution in [1.82, 2.24) is 10.2 Å². The lowest BCUT2D eigenvalue weighted by molar-refractivity contribution is -0.115. The molecule has 0 fully saturated rings. The number of azo groups is 1. The average molecular weight is 434 g/mol. The Morgan fingerprint density at radius 2 is 1.96 bits per heavy atom. The number of halogens is 3. The number of aromatic nitrogens is 2. The highest BCUT2D eigenvalue weighted by Crippen LogP contribution is 2.47. The first-order valence-electron chi connectivity index (χ1n) is 8.11. The number of likely N-dealkylation sites (N-methyl/N-ethyl adjacent to an activating group) is 1. The van der Waals surface area contributed by atoms with E-state index < -0.39 is 27.6 Å². The van der Waals surface area contributed by atoms with Gasteiger partial charge in [-0.25, -0.2) is 4.21 Å². The third kappa shape index (κ3) is 3.73. The zero-order valence-electron chi connectivity index (χ0n) is 15.3. The van der Waals surface area contributed by atoms with Gasteiger partial charge in [0.2, 0.25) is 0 Å². The maximum atomic E-state index is 13.5. The monoisotopic (exact) mass is 434 g/mol. The van der Waals surface area contributed by atoms with Gasteiger partial charge in [-0.15, -0.1) is 33.6 Å². The largest absolute Gasteiger partial charge is 0.498 e. The predicted molar refractivity (Wildman–Crippen MR) is 101 cm³/mol. The highest BCUT2D eigenvalue weighted by Gasteiger charge is 2.44. The van der Waals surface area contributed by atoms with Gasteiger partial charge >= 0.3 is 6.30 Å². The minimum Gasteiger partial charge on any atom is -0.371 e. The van der Waals surface area contributed by atoms with E-state index in [0.29, 0.717) is 10.7 Å². The number of alkyl halides is 3. The highest BCUT2D eigenvalue weighted by molar-refractivity contribution is 7.80. The van der Waals surface area contributed by atoms with Crippen LogP contribution in [0.5, 0.6) is 0 Å². The normalized spacial score (nSPS) is 20.6. The number of aryl methyl sites for hydroxylation is 1. The van der Waals surface area contributed by atoms with E-state index in [1.165, 1.54) is 12.1 Å². The van der Waals surface area contributed by atoms with Gasteiger partial charge < -0.3 is 4.90 Å². The fourth-order valence-electron chi connectivity index (χ4n) is 3.04. The Morgan fingerprint density at radius 1 is 1.29 bits per heavy atom. The van der Waals surface area contributed by atoms with Crippen LogP contribution >= 0.6 is 11.3 Å². The summed E-state index contributed by atoms with van der Waals surface area (Å²) in [6.07, 6.45) is -5.09. The van der Waals surface area contributed by atoms with Crippen LogP contribution in [0.15, 0.2) is 22.4 Å². The Kier molecular flexibility index (Phi) is 5.42. The molecular formula is C15H17F3N6O2S2. The van der Waals surface area contributed by atoms with Crippen molar-refractivity contribution in [2.24, 2.45) is 10.2 Å². The maximum absolute atomic E-state index is 13.5. The molecule has 28 heavy (non-hydrogen) atoms. The molecule has 152 valence electrons. The standard InChI is InChI=1S/C15H17F3N6O2S2/c1-7-8(2)23(4)12-6-13(24(28(25)26)15(16,17)18)11(5-10(7)12)20-22-14-21-19-9(3)27-14/h5-8H,1-4H3,(H,25,26). The summed E-state index contributed by atoms with van der Waals surface area (Å²) in [6, 6.07) is 2.73. The molecule has 0 saturated heterocycles. The summed E-state index contributed by atoms with van der Waals surface area (Å²) in [6.45, 7) is 5.60. The molecule has 13 heteroatoms. The first kappa shape index (κ1) is 20.6. The molecule has 3 unspecified atom stereocenters. The van der Waals surface area contributed by atoms with Crippen molar-refractivity contribution in [1.29, 1.82) is 0 Å². The second kappa shape index (κ2) is 7.37. The van der Waals surface area contributed by atoms with Gasteiger partial charge in [0.15, 0.2) is 0 Å². The Bertz CT molecular complexity index is 948. The number of fused-ring (bicyclic) bond motifs is 1. The molecule has 3 atom stereocenters. The van der Waals surface area contributed by atoms with Crippen molar-refractivity contribution >= 4 is 44.8 Å². The Morgan fingerprint density at radius 3 is 2.50 bits per heavy atom. The van der Waals surface area contributed by atoms with Gasteiger partial charge in [-0.2, -0.15) is 4.31 Å². The summed E-state index contributed by atoms with van der Waals surface area (Å²) in [5.74, 6) is 0.0331. The Labute approximate surface area is 165 Å². The van der Waals surface area contributed by atoms with E-state index in [0.717, 1.165) is 16.9 Å². The molecule has 0 saturated carbocycles. The topological polar surface area (TPSA) is 94.3 Å². The predicted octanol–water partition coefficient (Wildman–Crippen LogP) is 4.67. The molecule has 0 spiro atoms. The molecule has 0 amide bonds. The summed E-state index contributed by atoms with van der Waals surface area (Å²) < 4.78 is 60.7. The number of hydrogen-bond donors (Lipinski definition) is 1. The summed E-state index contributed by atoms with van der Waals surface area (Å²) in [4.78, 5) is 1.83. The van der Waals surface area contributed by atoms with Crippen LogP contribution in [0.25, 0.3) is 0 Å². The third-order valence-corrected chi connectivity index (χ3v) is 6.13. The van der Waals surface area contributed by atoms with E-state index in [1.807, 2.05) is 18.7 Å². The van der Waals surface area contributed by atoms with E-state index in [1.54, 1.807) is 14.0 Å². The van der Waals surface area contributed by atoms with Gasteiger partial charge in [0.05, 0.1) is 5.69 Å². The van der Waals surface area contributed by atoms with Crippen LogP contribution in [0, 0.1) is 6.92 Å². The van der Waals surface area contributed by atoms with E-state index in [-0.39, 0.29) is 22.8 Å². The molecule has 1 aliphatic heterocycles. The lowest BCUT2D eigenvalue weighted by Crippen LogP contribution is -2.39. The molecule has 1 N–H and O–H groups in total. The van der Waals surface area contributed by atoms with Crippen molar-refractivity contribution in [3.63, 3.8) is 0 Å². The highest BCUT2D eigenvalue weighted by atomic mass is 32.2. The van der Waals surface area contributed by atoms with Crippen LogP contribution in [0.2, 0.25) is 0 Å². The maximum Gasteiger partial charge on any atom is 0.498 e. The lowest BCUT2D eigenvalue weighted by Gasteiger charge is -2.25. The minimum atomic E-state index is -5.09. The van der Waals surface area contributed by atoms with Crippen LogP contribution in [0.4, 0.5) is 35.4 Å². The van der Waals surface area contributed by atoms with Crippen LogP contribution in [0.1, 0.15) is 30.3 Å². The molecule has 0 aliphatic carbocycles. The second-order valence-corrected chi connectivity index (χ2v) is 8.32. The summed E-state index contributed by atoms with van der Waals surface area (Å²) in [7, 11) is 1.76. The van der Waals surface area contributed by atoms with Gasteiger partial charge in [0, 0.05) is 24.7 Å².